The molecule has 18 heavy (non-hydrogen) atoms. The number of amides is 3. The fraction of sp³-hybridized carbons (Fsp3) is 0.727. The normalized spacial score (nSPS) is 11.8. The van der Waals surface area contributed by atoms with Gasteiger partial charge in [-0.3, -0.25) is 14.9 Å². The number of nitrogens with one attached hydrogen (secondary N) is 2. The van der Waals surface area contributed by atoms with Crippen LogP contribution in [0, 0.1) is 0 Å². The molecule has 0 unspecified atom stereocenters. The Kier molecular flexibility index (Phi) is 5.66. The van der Waals surface area contributed by atoms with Crippen LogP contribution in [-0.2, 0) is 9.59 Å². The molecule has 0 heterocycles. The van der Waals surface area contributed by atoms with Crippen molar-refractivity contribution in [1.82, 2.24) is 10.6 Å². The van der Waals surface area contributed by atoms with Crippen LogP contribution in [-0.4, -0.2) is 39.1 Å². The van der Waals surface area contributed by atoms with Gasteiger partial charge in [0.05, 0.1) is 5.75 Å². The molecule has 0 spiro atoms. The number of imide groups is 1. The van der Waals surface area contributed by atoms with Crippen LogP contribution in [0.2, 0.25) is 0 Å². The Hall–Kier alpha value is -1.24. The third kappa shape index (κ3) is 7.16. The van der Waals surface area contributed by atoms with E-state index in [9.17, 15) is 14.4 Å². The predicted octanol–water partition coefficient (Wildman–Crippen LogP) is 1.21. The number of carbonyl (C=O) groups is 3. The van der Waals surface area contributed by atoms with Gasteiger partial charge in [-0.2, -0.15) is 0 Å². The summed E-state index contributed by atoms with van der Waals surface area (Å²) < 4.78 is -1.06. The van der Waals surface area contributed by atoms with E-state index in [4.69, 9.17) is 5.11 Å². The molecule has 3 N–H and O–H groups in total. The summed E-state index contributed by atoms with van der Waals surface area (Å²) in [6.45, 7) is 8.38. The Morgan fingerprint density at radius 2 is 1.61 bits per heavy atom. The van der Waals surface area contributed by atoms with Crippen LogP contribution >= 0.6 is 11.8 Å². The van der Waals surface area contributed by atoms with Crippen molar-refractivity contribution in [3.63, 3.8) is 0 Å². The number of carbonyl (C=O) groups excluding carboxylic acids is 2. The minimum Gasteiger partial charge on any atom is -0.480 e. The van der Waals surface area contributed by atoms with Gasteiger partial charge in [-0.05, 0) is 34.6 Å². The lowest BCUT2D eigenvalue weighted by molar-refractivity contribution is -0.138. The van der Waals surface area contributed by atoms with E-state index in [-0.39, 0.29) is 5.75 Å². The van der Waals surface area contributed by atoms with Crippen molar-refractivity contribution in [1.29, 1.82) is 0 Å². The van der Waals surface area contributed by atoms with Gasteiger partial charge in [-0.1, -0.05) is 0 Å². The summed E-state index contributed by atoms with van der Waals surface area (Å²) in [5.41, 5.74) is -0.433. The number of aliphatic carboxylic acids is 1. The van der Waals surface area contributed by atoms with Crippen molar-refractivity contribution in [3.05, 3.63) is 0 Å². The van der Waals surface area contributed by atoms with E-state index >= 15 is 0 Å². The lowest BCUT2D eigenvalue weighted by atomic mass is 10.1. The summed E-state index contributed by atoms with van der Waals surface area (Å²) in [6.07, 6.45) is 0. The molecule has 0 atom stereocenters. The third-order valence-electron chi connectivity index (χ3n) is 1.82. The van der Waals surface area contributed by atoms with Crippen molar-refractivity contribution in [2.75, 3.05) is 5.75 Å². The standard InChI is InChI=1S/C11H20N2O4S/c1-10(2,3)13-9(17)12-7(14)6-18-11(4,5)8(15)16/h6H2,1-5H3,(H,15,16)(H2,12,13,14,17). The smallest absolute Gasteiger partial charge is 0.321 e. The Bertz CT molecular complexity index is 347. The molecule has 7 heteroatoms. The number of rotatable bonds is 4. The highest BCUT2D eigenvalue weighted by molar-refractivity contribution is 8.01. The highest BCUT2D eigenvalue weighted by Crippen LogP contribution is 2.23. The highest BCUT2D eigenvalue weighted by atomic mass is 32.2. The van der Waals surface area contributed by atoms with Crippen LogP contribution in [0.1, 0.15) is 34.6 Å². The lowest BCUT2D eigenvalue weighted by Gasteiger charge is -2.21. The van der Waals surface area contributed by atoms with E-state index in [1.54, 1.807) is 20.8 Å². The first-order valence-electron chi connectivity index (χ1n) is 5.43. The van der Waals surface area contributed by atoms with Crippen LogP contribution in [0.25, 0.3) is 0 Å². The summed E-state index contributed by atoms with van der Waals surface area (Å²) >= 11 is 0.963. The van der Waals surface area contributed by atoms with Crippen molar-refractivity contribution in [3.8, 4) is 0 Å². The van der Waals surface area contributed by atoms with Gasteiger partial charge >= 0.3 is 12.0 Å². The molecule has 0 aliphatic carbocycles. The quantitative estimate of drug-likeness (QED) is 0.717. The van der Waals surface area contributed by atoms with E-state index in [1.165, 1.54) is 13.8 Å². The van der Waals surface area contributed by atoms with E-state index in [1.807, 2.05) is 0 Å². The average molecular weight is 276 g/mol. The van der Waals surface area contributed by atoms with Gasteiger partial charge in [-0.25, -0.2) is 4.79 Å². The van der Waals surface area contributed by atoms with Crippen molar-refractivity contribution >= 4 is 29.7 Å². The zero-order valence-corrected chi connectivity index (χ0v) is 12.1. The van der Waals surface area contributed by atoms with Crippen molar-refractivity contribution in [2.24, 2.45) is 0 Å². The van der Waals surface area contributed by atoms with Crippen LogP contribution in [0.5, 0.6) is 0 Å². The van der Waals surface area contributed by atoms with Crippen LogP contribution in [0.15, 0.2) is 0 Å². The summed E-state index contributed by atoms with van der Waals surface area (Å²) in [5.74, 6) is -1.60. The Morgan fingerprint density at radius 3 is 2.00 bits per heavy atom. The fourth-order valence-corrected chi connectivity index (χ4v) is 1.53. The zero-order chi connectivity index (χ0) is 14.6. The first-order chi connectivity index (χ1) is 7.94. The van der Waals surface area contributed by atoms with Gasteiger partial charge in [0.2, 0.25) is 5.91 Å². The number of hydrogen-bond acceptors (Lipinski definition) is 4. The summed E-state index contributed by atoms with van der Waals surface area (Å²) in [6, 6.07) is -0.582. The fourth-order valence-electron chi connectivity index (χ4n) is 0.842. The maximum atomic E-state index is 11.4. The van der Waals surface area contributed by atoms with Crippen molar-refractivity contribution in [2.45, 2.75) is 44.9 Å². The van der Waals surface area contributed by atoms with E-state index in [0.717, 1.165) is 11.8 Å². The van der Waals surface area contributed by atoms with Gasteiger partial charge < -0.3 is 10.4 Å². The molecule has 0 fully saturated rings. The second-order valence-corrected chi connectivity index (χ2v) is 6.95. The molecule has 0 saturated carbocycles. The molecule has 0 aromatic carbocycles. The lowest BCUT2D eigenvalue weighted by Crippen LogP contribution is -2.48. The number of urea groups is 1. The van der Waals surface area contributed by atoms with Crippen LogP contribution < -0.4 is 10.6 Å². The predicted molar refractivity (Wildman–Crippen MR) is 70.6 cm³/mol. The average Bonchev–Trinajstić information content (AvgIpc) is 2.11. The maximum Gasteiger partial charge on any atom is 0.321 e. The number of thioether (sulfide) groups is 1. The van der Waals surface area contributed by atoms with Gasteiger partial charge in [0.15, 0.2) is 0 Å². The monoisotopic (exact) mass is 276 g/mol. The van der Waals surface area contributed by atoms with E-state index in [2.05, 4.69) is 10.6 Å². The minimum atomic E-state index is -1.06. The molecule has 0 radical (unpaired) electrons. The topological polar surface area (TPSA) is 95.5 Å². The van der Waals surface area contributed by atoms with Gasteiger partial charge in [-0.15, -0.1) is 11.8 Å². The molecule has 0 bridgehead atoms. The molecule has 6 nitrogen and oxygen atoms in total. The third-order valence-corrected chi connectivity index (χ3v) is 3.12. The molecular formula is C11H20N2O4S. The second kappa shape index (κ2) is 6.08. The molecule has 0 aromatic heterocycles. The van der Waals surface area contributed by atoms with Crippen molar-refractivity contribution < 1.29 is 19.5 Å². The first-order valence-corrected chi connectivity index (χ1v) is 6.42. The molecule has 3 amide bonds. The summed E-state index contributed by atoms with van der Waals surface area (Å²) in [7, 11) is 0. The molecule has 0 aliphatic heterocycles. The summed E-state index contributed by atoms with van der Waals surface area (Å²) in [4.78, 5) is 33.6. The number of carboxylic acids is 1. The molecule has 104 valence electrons. The Labute approximate surface area is 111 Å². The van der Waals surface area contributed by atoms with E-state index in [0.29, 0.717) is 0 Å². The van der Waals surface area contributed by atoms with Gasteiger partial charge in [0.25, 0.3) is 0 Å². The molecule has 0 rings (SSSR count). The largest absolute Gasteiger partial charge is 0.480 e. The molecular weight excluding hydrogens is 256 g/mol. The maximum absolute atomic E-state index is 11.4. The summed E-state index contributed by atoms with van der Waals surface area (Å²) in [5, 5.41) is 13.6. The molecule has 0 aromatic rings. The van der Waals surface area contributed by atoms with Crippen LogP contribution in [0.3, 0.4) is 0 Å². The minimum absolute atomic E-state index is 0.0864. The van der Waals surface area contributed by atoms with Crippen LogP contribution in [0.4, 0.5) is 4.79 Å². The Morgan fingerprint density at radius 1 is 1.11 bits per heavy atom. The molecule has 0 aliphatic rings. The first kappa shape index (κ1) is 16.8. The highest BCUT2D eigenvalue weighted by Gasteiger charge is 2.28. The second-order valence-electron chi connectivity index (χ2n) is 5.36. The zero-order valence-electron chi connectivity index (χ0n) is 11.3. The number of hydrogen-bond donors (Lipinski definition) is 3. The van der Waals surface area contributed by atoms with Gasteiger partial charge in [0, 0.05) is 5.54 Å². The number of carboxylic acid groups (broad SMARTS) is 1. The SMILES string of the molecule is CC(C)(C)NC(=O)NC(=O)CSC(C)(C)C(=O)O. The van der Waals surface area contributed by atoms with Gasteiger partial charge in [0.1, 0.15) is 4.75 Å². The van der Waals surface area contributed by atoms with E-state index < -0.39 is 28.2 Å². The Balaban J connectivity index is 4.14. The molecule has 0 saturated heterocycles.